The fourth-order valence-electron chi connectivity index (χ4n) is 4.75. The van der Waals surface area contributed by atoms with Gasteiger partial charge >= 0.3 is 0 Å². The Morgan fingerprint density at radius 3 is 2.42 bits per heavy atom. The molecular weight excluding hydrogens is 367 g/mol. The Hall–Kier alpha value is -1.55. The molecule has 1 N–H and O–H groups in total. The predicted molar refractivity (Wildman–Crippen MR) is 106 cm³/mol. The Balaban J connectivity index is 1.69. The van der Waals surface area contributed by atoms with Crippen molar-refractivity contribution in [2.24, 2.45) is 0 Å². The zero-order chi connectivity index (χ0) is 18.3. The van der Waals surface area contributed by atoms with Crippen LogP contribution in [0.3, 0.4) is 0 Å². The summed E-state index contributed by atoms with van der Waals surface area (Å²) >= 11 is 12.2. The number of nitrogens with one attached hydrogen (secondary N) is 1. The highest BCUT2D eigenvalue weighted by Gasteiger charge is 2.54. The van der Waals surface area contributed by atoms with Crippen LogP contribution in [0.5, 0.6) is 0 Å². The van der Waals surface area contributed by atoms with Crippen LogP contribution in [-0.4, -0.2) is 29.4 Å². The van der Waals surface area contributed by atoms with E-state index in [0.29, 0.717) is 21.7 Å². The second-order valence-electron chi connectivity index (χ2n) is 7.39. The third-order valence-corrected chi connectivity index (χ3v) is 6.74. The van der Waals surface area contributed by atoms with Gasteiger partial charge in [-0.15, -0.1) is 0 Å². The van der Waals surface area contributed by atoms with Gasteiger partial charge in [0.25, 0.3) is 5.91 Å². The molecule has 2 aliphatic rings. The molecular formula is C21H22Cl2N2O. The third kappa shape index (κ3) is 2.92. The van der Waals surface area contributed by atoms with Crippen LogP contribution in [0, 0.1) is 0 Å². The lowest BCUT2D eigenvalue weighted by Crippen LogP contribution is -2.50. The molecule has 3 nitrogen and oxygen atoms in total. The topological polar surface area (TPSA) is 32.3 Å². The summed E-state index contributed by atoms with van der Waals surface area (Å²) in [5, 5.41) is 4.20. The SMILES string of the molecule is CN1C2CCC1(C(NC(=O)c1ccc(Cl)cc1Cl)c1ccccc1)CC2. The fourth-order valence-corrected chi connectivity index (χ4v) is 5.25. The molecule has 0 spiro atoms. The van der Waals surface area contributed by atoms with E-state index in [4.69, 9.17) is 23.2 Å². The van der Waals surface area contributed by atoms with Gasteiger partial charge in [0.15, 0.2) is 0 Å². The molecule has 26 heavy (non-hydrogen) atoms. The Labute approximate surface area is 164 Å². The molecule has 4 rings (SSSR count). The lowest BCUT2D eigenvalue weighted by atomic mass is 9.78. The zero-order valence-corrected chi connectivity index (χ0v) is 16.2. The molecule has 1 atom stereocenters. The summed E-state index contributed by atoms with van der Waals surface area (Å²) in [5.74, 6) is -0.154. The van der Waals surface area contributed by atoms with Gasteiger partial charge in [0, 0.05) is 16.6 Å². The second kappa shape index (κ2) is 6.88. The molecule has 1 unspecified atom stereocenters. The monoisotopic (exact) mass is 388 g/mol. The summed E-state index contributed by atoms with van der Waals surface area (Å²) in [5.41, 5.74) is 1.57. The van der Waals surface area contributed by atoms with E-state index in [2.05, 4.69) is 29.4 Å². The van der Waals surface area contributed by atoms with Crippen LogP contribution in [-0.2, 0) is 0 Å². The van der Waals surface area contributed by atoms with E-state index >= 15 is 0 Å². The molecule has 0 aliphatic carbocycles. The van der Waals surface area contributed by atoms with E-state index in [-0.39, 0.29) is 17.5 Å². The molecule has 2 aromatic rings. The van der Waals surface area contributed by atoms with Gasteiger partial charge in [0.1, 0.15) is 0 Å². The van der Waals surface area contributed by atoms with E-state index in [1.165, 1.54) is 12.8 Å². The zero-order valence-electron chi connectivity index (χ0n) is 14.7. The van der Waals surface area contributed by atoms with Crippen molar-refractivity contribution in [2.45, 2.75) is 43.3 Å². The predicted octanol–water partition coefficient (Wildman–Crippen LogP) is 5.09. The van der Waals surface area contributed by atoms with Crippen molar-refractivity contribution < 1.29 is 4.79 Å². The summed E-state index contributed by atoms with van der Waals surface area (Å²) in [4.78, 5) is 15.5. The van der Waals surface area contributed by atoms with Crippen LogP contribution in [0.25, 0.3) is 0 Å². The van der Waals surface area contributed by atoms with E-state index < -0.39 is 0 Å². The van der Waals surface area contributed by atoms with Gasteiger partial charge in [-0.05, 0) is 56.5 Å². The lowest BCUT2D eigenvalue weighted by molar-refractivity contribution is 0.0838. The van der Waals surface area contributed by atoms with Crippen molar-refractivity contribution in [2.75, 3.05) is 7.05 Å². The van der Waals surface area contributed by atoms with Crippen molar-refractivity contribution in [3.63, 3.8) is 0 Å². The Bertz CT molecular complexity index is 816. The van der Waals surface area contributed by atoms with Crippen LogP contribution in [0.2, 0.25) is 10.0 Å². The number of carbonyl (C=O) groups is 1. The minimum Gasteiger partial charge on any atom is -0.343 e. The first-order valence-electron chi connectivity index (χ1n) is 9.05. The minimum atomic E-state index is -0.154. The number of amides is 1. The summed E-state index contributed by atoms with van der Waals surface area (Å²) in [7, 11) is 2.20. The molecule has 2 fully saturated rings. The number of hydrogen-bond acceptors (Lipinski definition) is 2. The maximum atomic E-state index is 13.0. The van der Waals surface area contributed by atoms with Gasteiger partial charge in [-0.3, -0.25) is 9.69 Å². The molecule has 5 heteroatoms. The van der Waals surface area contributed by atoms with E-state index in [9.17, 15) is 4.79 Å². The number of hydrogen-bond donors (Lipinski definition) is 1. The number of halogens is 2. The van der Waals surface area contributed by atoms with E-state index in [0.717, 1.165) is 18.4 Å². The van der Waals surface area contributed by atoms with Crippen LogP contribution in [0.4, 0.5) is 0 Å². The maximum Gasteiger partial charge on any atom is 0.253 e. The van der Waals surface area contributed by atoms with Crippen LogP contribution >= 0.6 is 23.2 Å². The summed E-state index contributed by atoms with van der Waals surface area (Å²) in [6, 6.07) is 15.8. The number of likely N-dealkylation sites (N-methyl/N-ethyl adjacent to an activating group) is 1. The standard InChI is InChI=1S/C21H22Cl2N2O/c1-25-16-9-11-21(25,12-10-16)19(14-5-3-2-4-6-14)24-20(26)17-8-7-15(22)13-18(17)23/h2-8,13,16,19H,9-12H2,1H3,(H,24,26). The average molecular weight is 389 g/mol. The van der Waals surface area contributed by atoms with Gasteiger partial charge in [0.2, 0.25) is 0 Å². The molecule has 2 heterocycles. The minimum absolute atomic E-state index is 0.0272. The van der Waals surface area contributed by atoms with Crippen molar-refractivity contribution >= 4 is 29.1 Å². The number of rotatable bonds is 4. The normalized spacial score (nSPS) is 26.0. The van der Waals surface area contributed by atoms with E-state index in [1.807, 2.05) is 18.2 Å². The molecule has 1 amide bonds. The van der Waals surface area contributed by atoms with Crippen LogP contribution in [0.1, 0.15) is 47.6 Å². The van der Waals surface area contributed by atoms with Crippen molar-refractivity contribution in [3.05, 3.63) is 69.7 Å². The first-order chi connectivity index (χ1) is 12.5. The lowest BCUT2D eigenvalue weighted by Gasteiger charge is -2.41. The van der Waals surface area contributed by atoms with Crippen LogP contribution in [0.15, 0.2) is 48.5 Å². The second-order valence-corrected chi connectivity index (χ2v) is 8.23. The molecule has 2 aromatic carbocycles. The van der Waals surface area contributed by atoms with Gasteiger partial charge in [-0.2, -0.15) is 0 Å². The van der Waals surface area contributed by atoms with Gasteiger partial charge in [-0.25, -0.2) is 0 Å². The molecule has 2 bridgehead atoms. The molecule has 0 aromatic heterocycles. The highest BCUT2D eigenvalue weighted by Crippen LogP contribution is 2.51. The smallest absolute Gasteiger partial charge is 0.253 e. The van der Waals surface area contributed by atoms with Crippen LogP contribution < -0.4 is 5.32 Å². The number of nitrogens with zero attached hydrogens (tertiary/aromatic N) is 1. The van der Waals surface area contributed by atoms with Crippen molar-refractivity contribution in [1.82, 2.24) is 10.2 Å². The first-order valence-corrected chi connectivity index (χ1v) is 9.81. The Morgan fingerprint density at radius 2 is 1.85 bits per heavy atom. The summed E-state index contributed by atoms with van der Waals surface area (Å²) in [6.45, 7) is 0. The first kappa shape index (κ1) is 17.8. The van der Waals surface area contributed by atoms with Gasteiger partial charge < -0.3 is 5.32 Å². The Kier molecular flexibility index (Phi) is 4.72. The third-order valence-electron chi connectivity index (χ3n) is 6.19. The quantitative estimate of drug-likeness (QED) is 0.790. The number of benzene rings is 2. The molecule has 0 radical (unpaired) electrons. The number of carbonyl (C=O) groups excluding carboxylic acids is 1. The van der Waals surface area contributed by atoms with Crippen molar-refractivity contribution in [3.8, 4) is 0 Å². The summed E-state index contributed by atoms with van der Waals surface area (Å²) in [6.07, 6.45) is 4.58. The number of fused-ring (bicyclic) bond motifs is 2. The van der Waals surface area contributed by atoms with Gasteiger partial charge in [0.05, 0.1) is 16.6 Å². The Morgan fingerprint density at radius 1 is 1.15 bits per heavy atom. The maximum absolute atomic E-state index is 13.0. The molecule has 2 saturated heterocycles. The highest BCUT2D eigenvalue weighted by molar-refractivity contribution is 6.36. The average Bonchev–Trinajstić information content (AvgIpc) is 3.13. The molecule has 0 saturated carbocycles. The summed E-state index contributed by atoms with van der Waals surface area (Å²) < 4.78 is 0. The highest BCUT2D eigenvalue weighted by atomic mass is 35.5. The molecule has 136 valence electrons. The fraction of sp³-hybridized carbons (Fsp3) is 0.381. The van der Waals surface area contributed by atoms with Gasteiger partial charge in [-0.1, -0.05) is 53.5 Å². The largest absolute Gasteiger partial charge is 0.343 e. The van der Waals surface area contributed by atoms with E-state index in [1.54, 1.807) is 18.2 Å². The van der Waals surface area contributed by atoms with Crippen molar-refractivity contribution in [1.29, 1.82) is 0 Å². The molecule has 2 aliphatic heterocycles.